The smallest absolute Gasteiger partial charge is 0.270 e. The molecule has 2 atom stereocenters. The van der Waals surface area contributed by atoms with Crippen LogP contribution in [0.3, 0.4) is 0 Å². The summed E-state index contributed by atoms with van der Waals surface area (Å²) in [5.41, 5.74) is 5.00. The highest BCUT2D eigenvalue weighted by Gasteiger charge is 2.22. The van der Waals surface area contributed by atoms with Crippen molar-refractivity contribution >= 4 is 23.4 Å². The average Bonchev–Trinajstić information content (AvgIpc) is 2.85. The highest BCUT2D eigenvalue weighted by atomic mass is 32.2. The van der Waals surface area contributed by atoms with E-state index in [2.05, 4.69) is 10.4 Å². The zero-order chi connectivity index (χ0) is 15.2. The third kappa shape index (κ3) is 4.20. The van der Waals surface area contributed by atoms with E-state index in [1.54, 1.807) is 35.3 Å². The number of aliphatic imine (C=N–C) groups is 1. The number of nitrogens with zero attached hydrogens (tertiary/aromatic N) is 2. The predicted molar refractivity (Wildman–Crippen MR) is 83.3 cm³/mol. The first-order chi connectivity index (χ1) is 10.1. The van der Waals surface area contributed by atoms with Gasteiger partial charge in [0, 0.05) is 7.11 Å². The highest BCUT2D eigenvalue weighted by Crippen LogP contribution is 2.22. The van der Waals surface area contributed by atoms with Gasteiger partial charge in [-0.25, -0.2) is 0 Å². The van der Waals surface area contributed by atoms with Gasteiger partial charge in [0.2, 0.25) is 0 Å². The second kappa shape index (κ2) is 7.44. The number of rotatable bonds is 6. The zero-order valence-corrected chi connectivity index (χ0v) is 13.1. The van der Waals surface area contributed by atoms with E-state index >= 15 is 0 Å². The van der Waals surface area contributed by atoms with Crippen molar-refractivity contribution in [2.75, 3.05) is 13.7 Å². The molecule has 1 aromatic carbocycles. The molecule has 1 amide bonds. The Balaban J connectivity index is 2.06. The average molecular weight is 309 g/mol. The largest absolute Gasteiger partial charge is 0.487 e. The Morgan fingerprint density at radius 2 is 2.29 bits per heavy atom. The van der Waals surface area contributed by atoms with Crippen LogP contribution >= 0.6 is 11.9 Å². The molecule has 0 fully saturated rings. The number of para-hydroxylation sites is 1. The van der Waals surface area contributed by atoms with Crippen LogP contribution in [0, 0.1) is 0 Å². The second-order valence-electron chi connectivity index (χ2n) is 4.64. The maximum Gasteiger partial charge on any atom is 0.270 e. The molecule has 0 spiro atoms. The topological polar surface area (TPSA) is 63.2 Å². The van der Waals surface area contributed by atoms with E-state index in [0.717, 1.165) is 0 Å². The van der Waals surface area contributed by atoms with Crippen LogP contribution in [-0.4, -0.2) is 41.9 Å². The van der Waals surface area contributed by atoms with E-state index in [1.807, 2.05) is 19.9 Å². The minimum absolute atomic E-state index is 0.0838. The molecule has 21 heavy (non-hydrogen) atoms. The lowest BCUT2D eigenvalue weighted by Crippen LogP contribution is -2.40. The van der Waals surface area contributed by atoms with Crippen molar-refractivity contribution in [1.82, 2.24) is 9.84 Å². The number of methoxy groups -OCH3 is 1. The number of carbonyl (C=O) groups excluding carboxylic acids is 1. The fourth-order valence-electron chi connectivity index (χ4n) is 1.84. The molecule has 1 heterocycles. The van der Waals surface area contributed by atoms with Crippen LogP contribution < -0.4 is 10.2 Å². The van der Waals surface area contributed by atoms with Crippen LogP contribution in [0.25, 0.3) is 0 Å². The normalized spacial score (nSPS) is 19.5. The molecule has 0 aliphatic carbocycles. The van der Waals surface area contributed by atoms with Crippen molar-refractivity contribution < 1.29 is 14.3 Å². The Kier molecular flexibility index (Phi) is 5.60. The van der Waals surface area contributed by atoms with Crippen LogP contribution in [0.4, 0.5) is 0 Å². The molecule has 1 aliphatic heterocycles. The second-order valence-corrected chi connectivity index (χ2v) is 5.45. The predicted octanol–water partition coefficient (Wildman–Crippen LogP) is 2.08. The maximum atomic E-state index is 12.4. The number of nitrogens with one attached hydrogen (secondary N) is 1. The van der Waals surface area contributed by atoms with Crippen LogP contribution in [0.5, 0.6) is 5.75 Å². The van der Waals surface area contributed by atoms with Gasteiger partial charge in [0.15, 0.2) is 0 Å². The number of hydrogen-bond donors (Lipinski definition) is 1. The molecule has 1 aromatic rings. The summed E-state index contributed by atoms with van der Waals surface area (Å²) in [5.74, 6) is 0.317. The summed E-state index contributed by atoms with van der Waals surface area (Å²) >= 11 is 1.35. The summed E-state index contributed by atoms with van der Waals surface area (Å²) in [6, 6.07) is 7.15. The van der Waals surface area contributed by atoms with Gasteiger partial charge in [0.25, 0.3) is 5.91 Å². The molecular formula is C14H19N3O3S. The summed E-state index contributed by atoms with van der Waals surface area (Å²) in [7, 11) is 1.62. The molecule has 0 saturated heterocycles. The van der Waals surface area contributed by atoms with Crippen molar-refractivity contribution in [2.24, 2.45) is 4.99 Å². The van der Waals surface area contributed by atoms with Crippen molar-refractivity contribution in [2.45, 2.75) is 26.1 Å². The van der Waals surface area contributed by atoms with Crippen LogP contribution in [0.15, 0.2) is 29.3 Å². The minimum Gasteiger partial charge on any atom is -0.487 e. The third-order valence-corrected chi connectivity index (χ3v) is 3.69. The number of hydrogen-bond acceptors (Lipinski definition) is 6. The van der Waals surface area contributed by atoms with E-state index in [1.165, 1.54) is 11.9 Å². The molecule has 0 saturated carbocycles. The summed E-state index contributed by atoms with van der Waals surface area (Å²) in [6.45, 7) is 4.26. The van der Waals surface area contributed by atoms with Gasteiger partial charge < -0.3 is 9.47 Å². The Hall–Kier alpha value is -1.57. The van der Waals surface area contributed by atoms with Gasteiger partial charge in [-0.3, -0.25) is 15.2 Å². The summed E-state index contributed by atoms with van der Waals surface area (Å²) in [5, 5.41) is 0. The summed E-state index contributed by atoms with van der Waals surface area (Å²) in [4.78, 5) is 16.5. The van der Waals surface area contributed by atoms with Gasteiger partial charge >= 0.3 is 0 Å². The maximum absolute atomic E-state index is 12.4. The lowest BCUT2D eigenvalue weighted by Gasteiger charge is -2.20. The quantitative estimate of drug-likeness (QED) is 0.815. The number of hydrazine groups is 1. The van der Waals surface area contributed by atoms with Crippen molar-refractivity contribution in [3.63, 3.8) is 0 Å². The van der Waals surface area contributed by atoms with E-state index in [-0.39, 0.29) is 18.2 Å². The molecule has 7 heteroatoms. The number of carbonyl (C=O) groups is 1. The summed E-state index contributed by atoms with van der Waals surface area (Å²) < 4.78 is 12.5. The van der Waals surface area contributed by atoms with Gasteiger partial charge in [-0.1, -0.05) is 12.1 Å². The van der Waals surface area contributed by atoms with Gasteiger partial charge in [0.05, 0.1) is 17.7 Å². The van der Waals surface area contributed by atoms with Gasteiger partial charge in [-0.15, -0.1) is 4.41 Å². The lowest BCUT2D eigenvalue weighted by atomic mass is 10.2. The highest BCUT2D eigenvalue weighted by molar-refractivity contribution is 8.10. The third-order valence-electron chi connectivity index (χ3n) is 2.85. The van der Waals surface area contributed by atoms with Crippen LogP contribution in [0.2, 0.25) is 0 Å². The Labute approximate surface area is 128 Å². The van der Waals surface area contributed by atoms with Crippen LogP contribution in [0.1, 0.15) is 24.2 Å². The fourth-order valence-corrected chi connectivity index (χ4v) is 2.54. The monoisotopic (exact) mass is 309 g/mol. The molecule has 114 valence electrons. The first-order valence-electron chi connectivity index (χ1n) is 6.65. The Morgan fingerprint density at radius 1 is 1.52 bits per heavy atom. The molecule has 1 aliphatic rings. The van der Waals surface area contributed by atoms with Gasteiger partial charge in [0.1, 0.15) is 18.0 Å². The van der Waals surface area contributed by atoms with E-state index in [4.69, 9.17) is 9.47 Å². The molecule has 1 N–H and O–H groups in total. The molecule has 2 rings (SSSR count). The van der Waals surface area contributed by atoms with Crippen molar-refractivity contribution in [3.8, 4) is 5.75 Å². The fraction of sp³-hybridized carbons (Fsp3) is 0.429. The molecule has 0 bridgehead atoms. The molecule has 0 radical (unpaired) electrons. The van der Waals surface area contributed by atoms with E-state index < -0.39 is 0 Å². The molecular weight excluding hydrogens is 290 g/mol. The van der Waals surface area contributed by atoms with Gasteiger partial charge in [-0.2, -0.15) is 0 Å². The minimum atomic E-state index is -0.222. The van der Waals surface area contributed by atoms with E-state index in [0.29, 0.717) is 17.9 Å². The zero-order valence-electron chi connectivity index (χ0n) is 12.3. The SMILES string of the molecule is COC[C@H](C)Oc1ccccc1C(=O)NN1SC=NC1C. The number of benzene rings is 1. The molecule has 6 nitrogen and oxygen atoms in total. The molecule has 1 unspecified atom stereocenters. The van der Waals surface area contributed by atoms with Crippen LogP contribution in [-0.2, 0) is 4.74 Å². The lowest BCUT2D eigenvalue weighted by molar-refractivity contribution is 0.0823. The van der Waals surface area contributed by atoms with Gasteiger partial charge in [-0.05, 0) is 37.9 Å². The number of ether oxygens (including phenoxy) is 2. The standard InChI is InChI=1S/C14H19N3O3S/c1-10(8-19-3)20-13-7-5-4-6-12(13)14(18)16-17-11(2)15-9-21-17/h4-7,9-11H,8H2,1-3H3,(H,16,18)/t10-,11?/m0/s1. The van der Waals surface area contributed by atoms with E-state index in [9.17, 15) is 4.79 Å². The van der Waals surface area contributed by atoms with Crippen molar-refractivity contribution in [1.29, 1.82) is 0 Å². The first kappa shape index (κ1) is 15.8. The Bertz CT molecular complexity index is 524. The van der Waals surface area contributed by atoms with Crippen molar-refractivity contribution in [3.05, 3.63) is 29.8 Å². The first-order valence-corrected chi connectivity index (χ1v) is 7.48. The summed E-state index contributed by atoms with van der Waals surface area (Å²) in [6.07, 6.45) is -0.216. The number of amides is 1. The molecule has 0 aromatic heterocycles. The Morgan fingerprint density at radius 3 is 2.95 bits per heavy atom.